The van der Waals surface area contributed by atoms with Crippen LogP contribution in [0.4, 0.5) is 4.79 Å². The van der Waals surface area contributed by atoms with Crippen molar-refractivity contribution in [2.45, 2.75) is 71.4 Å². The van der Waals surface area contributed by atoms with E-state index in [0.717, 1.165) is 36.4 Å². The van der Waals surface area contributed by atoms with Gasteiger partial charge in [0.15, 0.2) is 0 Å². The van der Waals surface area contributed by atoms with Crippen molar-refractivity contribution in [3.05, 3.63) is 16.1 Å². The molecule has 1 saturated carbocycles. The summed E-state index contributed by atoms with van der Waals surface area (Å²) in [5.41, 5.74) is 0.714. The number of thiazole rings is 1. The van der Waals surface area contributed by atoms with Crippen molar-refractivity contribution >= 4 is 17.4 Å². The summed E-state index contributed by atoms with van der Waals surface area (Å²) in [6.07, 6.45) is 3.64. The normalized spacial score (nSPS) is 25.2. The van der Waals surface area contributed by atoms with Crippen LogP contribution in [0.2, 0.25) is 0 Å². The van der Waals surface area contributed by atoms with Crippen LogP contribution in [0.5, 0.6) is 0 Å². The average Bonchev–Trinajstić information content (AvgIpc) is 2.95. The summed E-state index contributed by atoms with van der Waals surface area (Å²) < 4.78 is 0. The van der Waals surface area contributed by atoms with Crippen molar-refractivity contribution in [1.29, 1.82) is 0 Å². The zero-order valence-corrected chi connectivity index (χ0v) is 15.4. The number of hydrogen-bond acceptors (Lipinski definition) is 4. The summed E-state index contributed by atoms with van der Waals surface area (Å²) in [5.74, 6) is 0. The quantitative estimate of drug-likeness (QED) is 0.789. The maximum atomic E-state index is 12.0. The molecule has 2 rings (SSSR count). The van der Waals surface area contributed by atoms with Crippen molar-refractivity contribution in [3.63, 3.8) is 0 Å². The number of carbonyl (C=O) groups excluding carboxylic acids is 1. The molecule has 3 N–H and O–H groups in total. The van der Waals surface area contributed by atoms with Crippen LogP contribution in [0, 0.1) is 5.41 Å². The second kappa shape index (κ2) is 7.18. The van der Waals surface area contributed by atoms with E-state index in [1.165, 1.54) is 0 Å². The van der Waals surface area contributed by atoms with Crippen molar-refractivity contribution in [1.82, 2.24) is 15.6 Å². The number of rotatable bonds is 4. The van der Waals surface area contributed by atoms with Crippen LogP contribution in [-0.4, -0.2) is 28.8 Å². The Balaban J connectivity index is 1.78. The molecule has 2 amide bonds. The van der Waals surface area contributed by atoms with Gasteiger partial charge in [-0.15, -0.1) is 11.3 Å². The predicted octanol–water partition coefficient (Wildman–Crippen LogP) is 3.18. The third-order valence-electron chi connectivity index (χ3n) is 4.56. The second-order valence-corrected chi connectivity index (χ2v) is 8.70. The molecule has 1 aliphatic carbocycles. The van der Waals surface area contributed by atoms with E-state index in [2.05, 4.69) is 36.4 Å². The minimum atomic E-state index is -0.329. The molecule has 130 valence electrons. The number of carbonyl (C=O) groups is 1. The minimum absolute atomic E-state index is 0.0386. The highest BCUT2D eigenvalue weighted by molar-refractivity contribution is 7.09. The summed E-state index contributed by atoms with van der Waals surface area (Å²) in [7, 11) is 0. The number of aliphatic hydroxyl groups excluding tert-OH is 1. The molecule has 0 radical (unpaired) electrons. The number of aliphatic hydroxyl groups is 1. The fraction of sp³-hybridized carbons (Fsp3) is 0.765. The number of amides is 2. The van der Waals surface area contributed by atoms with Crippen molar-refractivity contribution < 1.29 is 9.90 Å². The van der Waals surface area contributed by atoms with Gasteiger partial charge < -0.3 is 15.7 Å². The molecular formula is C17H29N3O2S. The monoisotopic (exact) mass is 339 g/mol. The van der Waals surface area contributed by atoms with E-state index in [-0.39, 0.29) is 23.0 Å². The first-order chi connectivity index (χ1) is 10.7. The highest BCUT2D eigenvalue weighted by atomic mass is 32.1. The summed E-state index contributed by atoms with van der Waals surface area (Å²) in [6, 6.07) is -0.200. The van der Waals surface area contributed by atoms with E-state index < -0.39 is 0 Å². The molecule has 1 aromatic heterocycles. The van der Waals surface area contributed by atoms with Gasteiger partial charge in [-0.3, -0.25) is 0 Å². The Labute approximate surface area is 142 Å². The number of nitrogens with zero attached hydrogens (tertiary/aromatic N) is 1. The Kier molecular flexibility index (Phi) is 5.68. The first-order valence-electron chi connectivity index (χ1n) is 8.35. The summed E-state index contributed by atoms with van der Waals surface area (Å²) in [4.78, 5) is 16.5. The fourth-order valence-electron chi connectivity index (χ4n) is 2.84. The lowest BCUT2D eigenvalue weighted by atomic mass is 9.73. The molecule has 2 atom stereocenters. The number of urea groups is 1. The SMILES string of the molecule is CC(C)(C)c1nc(CNC(=O)NCC2(C)CCCCC2O)cs1. The molecule has 0 bridgehead atoms. The lowest BCUT2D eigenvalue weighted by Gasteiger charge is -2.38. The van der Waals surface area contributed by atoms with Crippen LogP contribution < -0.4 is 10.6 Å². The van der Waals surface area contributed by atoms with Crippen LogP contribution >= 0.6 is 11.3 Å². The zero-order chi connectivity index (χ0) is 17.1. The van der Waals surface area contributed by atoms with Gasteiger partial charge in [0.1, 0.15) is 0 Å². The molecule has 6 heteroatoms. The minimum Gasteiger partial charge on any atom is -0.392 e. The van der Waals surface area contributed by atoms with E-state index in [1.54, 1.807) is 11.3 Å². The maximum Gasteiger partial charge on any atom is 0.315 e. The van der Waals surface area contributed by atoms with Crippen LogP contribution in [0.3, 0.4) is 0 Å². The molecule has 1 heterocycles. The van der Waals surface area contributed by atoms with E-state index in [4.69, 9.17) is 0 Å². The molecule has 2 unspecified atom stereocenters. The van der Waals surface area contributed by atoms with Crippen molar-refractivity contribution in [2.24, 2.45) is 5.41 Å². The Bertz CT molecular complexity index is 538. The van der Waals surface area contributed by atoms with Gasteiger partial charge in [0.05, 0.1) is 23.4 Å². The highest BCUT2D eigenvalue weighted by Crippen LogP contribution is 2.35. The van der Waals surface area contributed by atoms with Gasteiger partial charge in [-0.1, -0.05) is 40.5 Å². The van der Waals surface area contributed by atoms with E-state index >= 15 is 0 Å². The molecule has 1 fully saturated rings. The third-order valence-corrected chi connectivity index (χ3v) is 5.87. The Morgan fingerprint density at radius 1 is 1.43 bits per heavy atom. The highest BCUT2D eigenvalue weighted by Gasteiger charge is 2.35. The number of hydrogen-bond donors (Lipinski definition) is 3. The molecule has 0 aliphatic heterocycles. The van der Waals surface area contributed by atoms with Crippen molar-refractivity contribution in [2.75, 3.05) is 6.54 Å². The Morgan fingerprint density at radius 3 is 2.78 bits per heavy atom. The molecule has 5 nitrogen and oxygen atoms in total. The standard InChI is InChI=1S/C17H29N3O2S/c1-16(2,3)14-20-12(10-23-14)9-18-15(22)19-11-17(4)8-6-5-7-13(17)21/h10,13,21H,5-9,11H2,1-4H3,(H2,18,19,22). The number of aromatic nitrogens is 1. The summed E-state index contributed by atoms with van der Waals surface area (Å²) in [6.45, 7) is 9.37. The molecule has 1 aromatic rings. The van der Waals surface area contributed by atoms with Gasteiger partial charge in [-0.25, -0.2) is 9.78 Å². The topological polar surface area (TPSA) is 74.2 Å². The van der Waals surface area contributed by atoms with Gasteiger partial charge in [0, 0.05) is 22.8 Å². The van der Waals surface area contributed by atoms with Gasteiger partial charge >= 0.3 is 6.03 Å². The predicted molar refractivity (Wildman–Crippen MR) is 93.6 cm³/mol. The summed E-state index contributed by atoms with van der Waals surface area (Å²) >= 11 is 1.63. The van der Waals surface area contributed by atoms with Crippen LogP contribution in [-0.2, 0) is 12.0 Å². The lowest BCUT2D eigenvalue weighted by molar-refractivity contribution is 0.00308. The van der Waals surface area contributed by atoms with Crippen LogP contribution in [0.15, 0.2) is 5.38 Å². The number of nitrogens with one attached hydrogen (secondary N) is 2. The Hall–Kier alpha value is -1.14. The zero-order valence-electron chi connectivity index (χ0n) is 14.6. The average molecular weight is 340 g/mol. The van der Waals surface area contributed by atoms with Crippen LogP contribution in [0.1, 0.15) is 64.1 Å². The first kappa shape index (κ1) is 18.2. The van der Waals surface area contributed by atoms with E-state index in [1.807, 2.05) is 12.3 Å². The maximum absolute atomic E-state index is 12.0. The van der Waals surface area contributed by atoms with Gasteiger partial charge in [0.25, 0.3) is 0 Å². The molecule has 0 saturated heterocycles. The molecule has 1 aliphatic rings. The molecule has 0 spiro atoms. The van der Waals surface area contributed by atoms with E-state index in [9.17, 15) is 9.90 Å². The molecule has 23 heavy (non-hydrogen) atoms. The first-order valence-corrected chi connectivity index (χ1v) is 9.23. The van der Waals surface area contributed by atoms with Gasteiger partial charge in [-0.05, 0) is 12.8 Å². The molecule has 0 aromatic carbocycles. The summed E-state index contributed by atoms with van der Waals surface area (Å²) in [5, 5.41) is 19.0. The van der Waals surface area contributed by atoms with Gasteiger partial charge in [0.2, 0.25) is 0 Å². The smallest absolute Gasteiger partial charge is 0.315 e. The van der Waals surface area contributed by atoms with Crippen molar-refractivity contribution in [3.8, 4) is 0 Å². The van der Waals surface area contributed by atoms with E-state index in [0.29, 0.717) is 13.1 Å². The third kappa shape index (κ3) is 4.91. The fourth-order valence-corrected chi connectivity index (χ4v) is 3.74. The second-order valence-electron chi connectivity index (χ2n) is 7.85. The largest absolute Gasteiger partial charge is 0.392 e. The lowest BCUT2D eigenvalue weighted by Crippen LogP contribution is -2.47. The van der Waals surface area contributed by atoms with Crippen LogP contribution in [0.25, 0.3) is 0 Å². The Morgan fingerprint density at radius 2 is 2.17 bits per heavy atom. The van der Waals surface area contributed by atoms with Gasteiger partial charge in [-0.2, -0.15) is 0 Å². The molecular weight excluding hydrogens is 310 g/mol.